The third kappa shape index (κ3) is 4.76. The van der Waals surface area contributed by atoms with Crippen LogP contribution < -0.4 is 0 Å². The summed E-state index contributed by atoms with van der Waals surface area (Å²) in [6, 6.07) is 9.22. The van der Waals surface area contributed by atoms with Crippen molar-refractivity contribution in [3.05, 3.63) is 54.3 Å². The van der Waals surface area contributed by atoms with Crippen LogP contribution in [0, 0.1) is 5.92 Å². The highest BCUT2D eigenvalue weighted by atomic mass is 16.8. The van der Waals surface area contributed by atoms with E-state index in [9.17, 15) is 30.3 Å². The molecule has 0 amide bonds. The molecule has 34 heavy (non-hydrogen) atoms. The minimum atomic E-state index is -1.65. The zero-order valence-electron chi connectivity index (χ0n) is 18.6. The maximum atomic E-state index is 12.6. The number of esters is 1. The Balaban J connectivity index is 1.51. The second-order valence-corrected chi connectivity index (χ2v) is 9.09. The molecule has 2 heterocycles. The van der Waals surface area contributed by atoms with Gasteiger partial charge < -0.3 is 44.5 Å². The second-order valence-electron chi connectivity index (χ2n) is 9.09. The number of aliphatic hydroxyl groups excluding tert-OH is 4. The molecule has 186 valence electrons. The van der Waals surface area contributed by atoms with Gasteiger partial charge in [0.05, 0.1) is 24.4 Å². The van der Waals surface area contributed by atoms with Gasteiger partial charge in [0.25, 0.3) is 0 Å². The van der Waals surface area contributed by atoms with Gasteiger partial charge >= 0.3 is 5.97 Å². The van der Waals surface area contributed by atoms with Crippen molar-refractivity contribution in [1.29, 1.82) is 0 Å². The number of hydrogen-bond donors (Lipinski definition) is 5. The van der Waals surface area contributed by atoms with Crippen molar-refractivity contribution in [2.75, 3.05) is 6.61 Å². The van der Waals surface area contributed by atoms with Gasteiger partial charge in [0.1, 0.15) is 30.0 Å². The van der Waals surface area contributed by atoms with Gasteiger partial charge in [0.2, 0.25) is 6.29 Å². The fourth-order valence-electron chi connectivity index (χ4n) is 4.84. The molecule has 0 unspecified atom stereocenters. The molecular formula is C24H30O10. The van der Waals surface area contributed by atoms with Crippen LogP contribution >= 0.6 is 0 Å². The molecule has 5 N–H and O–H groups in total. The van der Waals surface area contributed by atoms with Gasteiger partial charge in [-0.2, -0.15) is 0 Å². The zero-order valence-corrected chi connectivity index (χ0v) is 18.6. The first kappa shape index (κ1) is 24.8. The lowest BCUT2D eigenvalue weighted by Gasteiger charge is -2.45. The van der Waals surface area contributed by atoms with E-state index < -0.39 is 66.7 Å². The molecule has 10 heteroatoms. The van der Waals surface area contributed by atoms with E-state index in [0.29, 0.717) is 6.42 Å². The van der Waals surface area contributed by atoms with Gasteiger partial charge in [-0.3, -0.25) is 0 Å². The number of aliphatic hydroxyl groups is 5. The Morgan fingerprint density at radius 1 is 1.12 bits per heavy atom. The Bertz CT molecular complexity index is 918. The van der Waals surface area contributed by atoms with Crippen LogP contribution in [0.15, 0.2) is 48.7 Å². The topological polar surface area (TPSA) is 155 Å². The highest BCUT2D eigenvalue weighted by molar-refractivity contribution is 5.87. The summed E-state index contributed by atoms with van der Waals surface area (Å²) in [7, 11) is 0. The van der Waals surface area contributed by atoms with Crippen molar-refractivity contribution in [2.24, 2.45) is 5.92 Å². The van der Waals surface area contributed by atoms with Crippen molar-refractivity contribution in [3.63, 3.8) is 0 Å². The van der Waals surface area contributed by atoms with Crippen LogP contribution in [0.3, 0.4) is 0 Å². The van der Waals surface area contributed by atoms with E-state index in [0.717, 1.165) is 5.56 Å². The first-order valence-corrected chi connectivity index (χ1v) is 11.1. The third-order valence-electron chi connectivity index (χ3n) is 6.72. The molecule has 1 aromatic rings. The summed E-state index contributed by atoms with van der Waals surface area (Å²) >= 11 is 0. The first-order chi connectivity index (χ1) is 16.2. The lowest BCUT2D eigenvalue weighted by Crippen LogP contribution is -2.61. The number of carbonyl (C=O) groups excluding carboxylic acids is 1. The summed E-state index contributed by atoms with van der Waals surface area (Å²) in [5.74, 6) is -1.51. The Morgan fingerprint density at radius 2 is 1.85 bits per heavy atom. The minimum absolute atomic E-state index is 0.262. The quantitative estimate of drug-likeness (QED) is 0.275. The molecule has 10 nitrogen and oxygen atoms in total. The SMILES string of the molecule is C[C@@]1(OC(=O)C=Cc2ccccc2)CC[C@@]2(O)C=CO[C@H](O[C@H]3O[C@H](CO)[C@H](O)[C@@H](O)[C@H]3O)[C@@H]12. The molecule has 3 aliphatic rings. The van der Waals surface area contributed by atoms with E-state index in [1.807, 2.05) is 30.3 Å². The van der Waals surface area contributed by atoms with E-state index >= 15 is 0 Å². The molecule has 1 aromatic carbocycles. The molecule has 0 bridgehead atoms. The number of fused-ring (bicyclic) bond motifs is 1. The Labute approximate surface area is 196 Å². The van der Waals surface area contributed by atoms with Crippen LogP contribution in [0.4, 0.5) is 0 Å². The van der Waals surface area contributed by atoms with Gasteiger partial charge in [-0.1, -0.05) is 30.3 Å². The lowest BCUT2D eigenvalue weighted by atomic mass is 9.81. The molecular weight excluding hydrogens is 448 g/mol. The van der Waals surface area contributed by atoms with Crippen LogP contribution in [0.5, 0.6) is 0 Å². The number of hydrogen-bond acceptors (Lipinski definition) is 10. The van der Waals surface area contributed by atoms with Crippen LogP contribution in [0.1, 0.15) is 25.3 Å². The van der Waals surface area contributed by atoms with E-state index in [1.54, 1.807) is 13.0 Å². The molecule has 2 fully saturated rings. The van der Waals surface area contributed by atoms with Gasteiger partial charge in [0.15, 0.2) is 6.29 Å². The molecule has 2 aliphatic heterocycles. The summed E-state index contributed by atoms with van der Waals surface area (Å²) in [6.45, 7) is 1.04. The smallest absolute Gasteiger partial charge is 0.331 e. The number of ether oxygens (including phenoxy) is 4. The van der Waals surface area contributed by atoms with Crippen molar-refractivity contribution < 1.29 is 49.3 Å². The molecule has 1 aliphatic carbocycles. The van der Waals surface area contributed by atoms with E-state index in [2.05, 4.69) is 0 Å². The predicted octanol–water partition coefficient (Wildman–Crippen LogP) is -0.171. The second kappa shape index (κ2) is 9.74. The minimum Gasteiger partial charge on any atom is -0.472 e. The highest BCUT2D eigenvalue weighted by Crippen LogP contribution is 2.51. The fourth-order valence-corrected chi connectivity index (χ4v) is 4.84. The Morgan fingerprint density at radius 3 is 2.56 bits per heavy atom. The average Bonchev–Trinajstić information content (AvgIpc) is 3.10. The summed E-state index contributed by atoms with van der Waals surface area (Å²) in [5.41, 5.74) is -1.80. The van der Waals surface area contributed by atoms with Crippen LogP contribution in [-0.2, 0) is 23.7 Å². The van der Waals surface area contributed by atoms with Crippen LogP contribution in [-0.4, -0.2) is 86.3 Å². The summed E-state index contributed by atoms with van der Waals surface area (Å²) in [5, 5.41) is 51.0. The molecule has 0 spiro atoms. The van der Waals surface area contributed by atoms with Crippen LogP contribution in [0.25, 0.3) is 6.08 Å². The monoisotopic (exact) mass is 478 g/mol. The lowest BCUT2D eigenvalue weighted by molar-refractivity contribution is -0.350. The number of rotatable bonds is 6. The van der Waals surface area contributed by atoms with Crippen molar-refractivity contribution in [3.8, 4) is 0 Å². The van der Waals surface area contributed by atoms with E-state index in [1.165, 1.54) is 18.4 Å². The zero-order chi connectivity index (χ0) is 24.5. The molecule has 9 atom stereocenters. The normalized spacial score (nSPS) is 41.8. The Hall–Kier alpha value is -2.31. The Kier molecular flexibility index (Phi) is 7.11. The summed E-state index contributed by atoms with van der Waals surface area (Å²) in [4.78, 5) is 12.6. The van der Waals surface area contributed by atoms with Crippen molar-refractivity contribution >= 4 is 12.0 Å². The predicted molar refractivity (Wildman–Crippen MR) is 117 cm³/mol. The largest absolute Gasteiger partial charge is 0.472 e. The molecule has 1 saturated heterocycles. The first-order valence-electron chi connectivity index (χ1n) is 11.1. The average molecular weight is 478 g/mol. The molecule has 1 saturated carbocycles. The van der Waals surface area contributed by atoms with Crippen molar-refractivity contribution in [1.82, 2.24) is 0 Å². The maximum absolute atomic E-state index is 12.6. The van der Waals surface area contributed by atoms with E-state index in [-0.39, 0.29) is 6.42 Å². The van der Waals surface area contributed by atoms with Crippen LogP contribution in [0.2, 0.25) is 0 Å². The van der Waals surface area contributed by atoms with Gasteiger partial charge in [0, 0.05) is 6.08 Å². The number of benzene rings is 1. The molecule has 4 rings (SSSR count). The third-order valence-corrected chi connectivity index (χ3v) is 6.72. The molecule has 0 radical (unpaired) electrons. The summed E-state index contributed by atoms with van der Waals surface area (Å²) < 4.78 is 22.5. The number of carbonyl (C=O) groups is 1. The standard InChI is InChI=1S/C24H30O10/c1-23(34-16(26)8-7-14-5-3-2-4-6-14)9-10-24(30)11-12-31-22(20(23)24)33-21-19(29)18(28)17(27)15(13-25)32-21/h2-8,11-12,15,17-22,25,27-30H,9-10,13H2,1H3/t15-,17+,18-,19-,20+,21-,22-,23-,24-/m1/s1. The van der Waals surface area contributed by atoms with Gasteiger partial charge in [-0.25, -0.2) is 4.79 Å². The fraction of sp³-hybridized carbons (Fsp3) is 0.542. The van der Waals surface area contributed by atoms with Crippen molar-refractivity contribution in [2.45, 2.75) is 68.0 Å². The summed E-state index contributed by atoms with van der Waals surface area (Å²) in [6.07, 6.45) is -2.50. The van der Waals surface area contributed by atoms with E-state index in [4.69, 9.17) is 18.9 Å². The highest BCUT2D eigenvalue weighted by Gasteiger charge is 2.62. The molecule has 0 aromatic heterocycles. The van der Waals surface area contributed by atoms with Gasteiger partial charge in [-0.15, -0.1) is 0 Å². The maximum Gasteiger partial charge on any atom is 0.331 e. The van der Waals surface area contributed by atoms with Gasteiger partial charge in [-0.05, 0) is 37.5 Å².